The third kappa shape index (κ3) is 6.81. The maximum absolute atomic E-state index is 13.1. The van der Waals surface area contributed by atoms with Crippen LogP contribution in [0.25, 0.3) is 0 Å². The van der Waals surface area contributed by atoms with Crippen LogP contribution in [0, 0.1) is 11.7 Å². The Balaban J connectivity index is 1.41. The van der Waals surface area contributed by atoms with E-state index in [0.717, 1.165) is 32.5 Å². The summed E-state index contributed by atoms with van der Waals surface area (Å²) in [4.78, 5) is 25.8. The third-order valence-electron chi connectivity index (χ3n) is 5.26. The normalized spacial score (nSPS) is 17.1. The molecule has 0 aliphatic carbocycles. The van der Waals surface area contributed by atoms with Crippen molar-refractivity contribution < 1.29 is 14.0 Å². The first kappa shape index (κ1) is 21.7. The highest BCUT2D eigenvalue weighted by Crippen LogP contribution is 2.21. The van der Waals surface area contributed by atoms with Gasteiger partial charge in [0.25, 0.3) is 0 Å². The Bertz CT molecular complexity index is 896. The van der Waals surface area contributed by atoms with Gasteiger partial charge in [-0.2, -0.15) is 0 Å². The minimum atomic E-state index is -0.347. The van der Waals surface area contributed by atoms with Gasteiger partial charge in [0.05, 0.1) is 0 Å². The molecule has 30 heavy (non-hydrogen) atoms. The number of benzene rings is 2. The van der Waals surface area contributed by atoms with Gasteiger partial charge in [0.2, 0.25) is 0 Å². The second-order valence-electron chi connectivity index (χ2n) is 7.74. The van der Waals surface area contributed by atoms with Crippen molar-refractivity contribution >= 4 is 17.5 Å². The van der Waals surface area contributed by atoms with E-state index in [0.29, 0.717) is 17.2 Å². The standard InChI is InChI=1S/C24H28FN3O2/c1-18(29)21-6-2-7-23(16-21)27-24(30)26-12-4-14-28-13-3-5-20(17-28)15-19-8-10-22(25)11-9-19/h2,4,6-12,16,20H,3,5,13-15,17H2,1H3,(H2,26,27,30)/b12-4+/t20-/m0/s1. The summed E-state index contributed by atoms with van der Waals surface area (Å²) in [5.41, 5.74) is 2.31. The number of ketones is 1. The molecule has 6 heteroatoms. The quantitative estimate of drug-likeness (QED) is 0.656. The summed E-state index contributed by atoms with van der Waals surface area (Å²) in [7, 11) is 0. The number of nitrogens with zero attached hydrogens (tertiary/aromatic N) is 1. The number of nitrogens with one attached hydrogen (secondary N) is 2. The molecule has 2 N–H and O–H groups in total. The lowest BCUT2D eigenvalue weighted by Crippen LogP contribution is -2.36. The number of piperidine rings is 1. The molecule has 3 rings (SSSR count). The molecule has 1 saturated heterocycles. The number of rotatable bonds is 7. The number of hydrogen-bond donors (Lipinski definition) is 2. The van der Waals surface area contributed by atoms with Crippen molar-refractivity contribution in [2.75, 3.05) is 25.0 Å². The largest absolute Gasteiger partial charge is 0.323 e. The first-order chi connectivity index (χ1) is 14.5. The fraction of sp³-hybridized carbons (Fsp3) is 0.333. The van der Waals surface area contributed by atoms with Crippen LogP contribution in [0.5, 0.6) is 0 Å². The smallest absolute Gasteiger partial charge is 0.315 e. The van der Waals surface area contributed by atoms with Crippen molar-refractivity contribution in [1.82, 2.24) is 10.2 Å². The molecule has 2 aromatic carbocycles. The van der Waals surface area contributed by atoms with Gasteiger partial charge in [-0.25, -0.2) is 9.18 Å². The predicted octanol–water partition coefficient (Wildman–Crippen LogP) is 4.62. The van der Waals surface area contributed by atoms with Crippen LogP contribution in [0.2, 0.25) is 0 Å². The first-order valence-corrected chi connectivity index (χ1v) is 10.3. The minimum absolute atomic E-state index is 0.0433. The van der Waals surface area contributed by atoms with Crippen LogP contribution in [-0.4, -0.2) is 36.3 Å². The number of halogens is 1. The summed E-state index contributed by atoms with van der Waals surface area (Å²) >= 11 is 0. The molecule has 0 bridgehead atoms. The molecule has 0 saturated carbocycles. The lowest BCUT2D eigenvalue weighted by molar-refractivity contribution is 0.101. The molecule has 1 heterocycles. The average Bonchev–Trinajstić information content (AvgIpc) is 2.73. The Morgan fingerprint density at radius 3 is 2.77 bits per heavy atom. The zero-order valence-electron chi connectivity index (χ0n) is 17.2. The topological polar surface area (TPSA) is 61.4 Å². The van der Waals surface area contributed by atoms with Gasteiger partial charge >= 0.3 is 6.03 Å². The highest BCUT2D eigenvalue weighted by atomic mass is 19.1. The first-order valence-electron chi connectivity index (χ1n) is 10.3. The third-order valence-corrected chi connectivity index (χ3v) is 5.26. The van der Waals surface area contributed by atoms with E-state index >= 15 is 0 Å². The van der Waals surface area contributed by atoms with Crippen LogP contribution >= 0.6 is 0 Å². The van der Waals surface area contributed by atoms with E-state index in [1.54, 1.807) is 30.5 Å². The van der Waals surface area contributed by atoms with Gasteiger partial charge in [0, 0.05) is 30.5 Å². The Hall–Kier alpha value is -2.99. The van der Waals surface area contributed by atoms with Crippen molar-refractivity contribution in [3.8, 4) is 0 Å². The zero-order chi connectivity index (χ0) is 21.3. The van der Waals surface area contributed by atoms with Gasteiger partial charge in [-0.3, -0.25) is 9.69 Å². The van der Waals surface area contributed by atoms with Crippen LogP contribution in [0.3, 0.4) is 0 Å². The summed E-state index contributed by atoms with van der Waals surface area (Å²) in [6.07, 6.45) is 6.86. The summed E-state index contributed by atoms with van der Waals surface area (Å²) in [6.45, 7) is 4.28. The van der Waals surface area contributed by atoms with E-state index in [-0.39, 0.29) is 17.6 Å². The molecule has 158 valence electrons. The van der Waals surface area contributed by atoms with Gasteiger partial charge < -0.3 is 10.6 Å². The molecule has 2 aromatic rings. The molecular weight excluding hydrogens is 381 g/mol. The van der Waals surface area contributed by atoms with E-state index < -0.39 is 0 Å². The molecule has 0 unspecified atom stereocenters. The van der Waals surface area contributed by atoms with E-state index in [4.69, 9.17) is 0 Å². The molecular formula is C24H28FN3O2. The van der Waals surface area contributed by atoms with E-state index in [1.807, 2.05) is 18.2 Å². The monoisotopic (exact) mass is 409 g/mol. The van der Waals surface area contributed by atoms with E-state index in [2.05, 4.69) is 15.5 Å². The molecule has 0 spiro atoms. The predicted molar refractivity (Wildman–Crippen MR) is 117 cm³/mol. The van der Waals surface area contributed by atoms with Gasteiger partial charge in [-0.05, 0) is 68.5 Å². The number of carbonyl (C=O) groups is 2. The molecule has 5 nitrogen and oxygen atoms in total. The average molecular weight is 410 g/mol. The van der Waals surface area contributed by atoms with Crippen LogP contribution in [0.15, 0.2) is 60.8 Å². The van der Waals surface area contributed by atoms with Crippen molar-refractivity contribution in [3.63, 3.8) is 0 Å². The van der Waals surface area contributed by atoms with Crippen molar-refractivity contribution in [2.24, 2.45) is 5.92 Å². The summed E-state index contributed by atoms with van der Waals surface area (Å²) in [6, 6.07) is 13.3. The summed E-state index contributed by atoms with van der Waals surface area (Å²) in [5.74, 6) is 0.317. The highest BCUT2D eigenvalue weighted by molar-refractivity contribution is 5.96. The Morgan fingerprint density at radius 1 is 1.20 bits per heavy atom. The lowest BCUT2D eigenvalue weighted by atomic mass is 9.91. The summed E-state index contributed by atoms with van der Waals surface area (Å²) < 4.78 is 13.1. The summed E-state index contributed by atoms with van der Waals surface area (Å²) in [5, 5.41) is 5.42. The second-order valence-corrected chi connectivity index (χ2v) is 7.74. The number of likely N-dealkylation sites (tertiary alicyclic amines) is 1. The molecule has 2 amide bonds. The highest BCUT2D eigenvalue weighted by Gasteiger charge is 2.19. The Morgan fingerprint density at radius 2 is 2.00 bits per heavy atom. The number of carbonyl (C=O) groups excluding carboxylic acids is 2. The molecule has 1 fully saturated rings. The van der Waals surface area contributed by atoms with Crippen LogP contribution < -0.4 is 10.6 Å². The number of amides is 2. The Kier molecular flexibility index (Phi) is 7.74. The van der Waals surface area contributed by atoms with Gasteiger partial charge in [-0.1, -0.05) is 30.3 Å². The maximum atomic E-state index is 13.1. The van der Waals surface area contributed by atoms with Crippen LogP contribution in [0.1, 0.15) is 35.7 Å². The zero-order valence-corrected chi connectivity index (χ0v) is 17.2. The van der Waals surface area contributed by atoms with Crippen LogP contribution in [-0.2, 0) is 6.42 Å². The van der Waals surface area contributed by atoms with E-state index in [9.17, 15) is 14.0 Å². The fourth-order valence-corrected chi connectivity index (χ4v) is 3.76. The van der Waals surface area contributed by atoms with Gasteiger partial charge in [-0.15, -0.1) is 0 Å². The van der Waals surface area contributed by atoms with Crippen molar-refractivity contribution in [1.29, 1.82) is 0 Å². The molecule has 1 aliphatic heterocycles. The van der Waals surface area contributed by atoms with Gasteiger partial charge in [0.1, 0.15) is 5.82 Å². The fourth-order valence-electron chi connectivity index (χ4n) is 3.76. The maximum Gasteiger partial charge on any atom is 0.323 e. The molecule has 1 aliphatic rings. The number of urea groups is 1. The van der Waals surface area contributed by atoms with Crippen molar-refractivity contribution in [2.45, 2.75) is 26.2 Å². The minimum Gasteiger partial charge on any atom is -0.315 e. The van der Waals surface area contributed by atoms with Crippen LogP contribution in [0.4, 0.5) is 14.9 Å². The SMILES string of the molecule is CC(=O)c1cccc(NC(=O)N/C=C/CN2CCC[C@@H](Cc3ccc(F)cc3)C2)c1. The second kappa shape index (κ2) is 10.7. The molecule has 0 aromatic heterocycles. The van der Waals surface area contributed by atoms with E-state index in [1.165, 1.54) is 31.0 Å². The number of Topliss-reactive ketones (excluding diaryl/α,β-unsaturated/α-hetero) is 1. The number of anilines is 1. The Labute approximate surface area is 177 Å². The lowest BCUT2D eigenvalue weighted by Gasteiger charge is -2.32. The van der Waals surface area contributed by atoms with Crippen molar-refractivity contribution in [3.05, 3.63) is 77.8 Å². The van der Waals surface area contributed by atoms with Gasteiger partial charge in [0.15, 0.2) is 5.78 Å². The molecule has 1 atom stereocenters. The molecule has 0 radical (unpaired) electrons. The number of hydrogen-bond acceptors (Lipinski definition) is 3.